The van der Waals surface area contributed by atoms with Crippen LogP contribution in [0.25, 0.3) is 0 Å². The van der Waals surface area contributed by atoms with Gasteiger partial charge in [-0.25, -0.2) is 4.98 Å². The SMILES string of the molecule is O=C(Cc1cocn1)N1CC[C@@]23CC[C@@H]1[C@@H]1Oc4c(O)ccc5c4[C@@]12CCN(CC1CC1)[C@@H]3C5. The van der Waals surface area contributed by atoms with Gasteiger partial charge in [-0.2, -0.15) is 0 Å². The van der Waals surface area contributed by atoms with Gasteiger partial charge in [-0.05, 0) is 69.0 Å². The number of carbonyl (C=O) groups is 1. The molecule has 7 nitrogen and oxygen atoms in total. The zero-order chi connectivity index (χ0) is 22.7. The quantitative estimate of drug-likeness (QED) is 0.754. The summed E-state index contributed by atoms with van der Waals surface area (Å²) < 4.78 is 11.9. The molecular formula is C27H31N3O4. The molecule has 0 unspecified atom stereocenters. The highest BCUT2D eigenvalue weighted by Gasteiger charge is 2.74. The van der Waals surface area contributed by atoms with Crippen molar-refractivity contribution in [1.29, 1.82) is 0 Å². The molecule has 5 atom stereocenters. The number of piperidine rings is 1. The Hall–Kier alpha value is -2.54. The predicted molar refractivity (Wildman–Crippen MR) is 123 cm³/mol. The number of amides is 1. The number of aromatic nitrogens is 1. The van der Waals surface area contributed by atoms with Gasteiger partial charge in [-0.15, -0.1) is 0 Å². The normalized spacial score (nSPS) is 37.3. The summed E-state index contributed by atoms with van der Waals surface area (Å²) in [6.07, 6.45) is 11.1. The van der Waals surface area contributed by atoms with Crippen LogP contribution in [0.5, 0.6) is 11.5 Å². The Morgan fingerprint density at radius 2 is 2.09 bits per heavy atom. The highest BCUT2D eigenvalue weighted by atomic mass is 16.5. The van der Waals surface area contributed by atoms with E-state index in [1.165, 1.54) is 36.9 Å². The lowest BCUT2D eigenvalue weighted by atomic mass is 9.42. The van der Waals surface area contributed by atoms with Crippen LogP contribution >= 0.6 is 0 Å². The molecule has 4 bridgehead atoms. The van der Waals surface area contributed by atoms with Gasteiger partial charge in [0.1, 0.15) is 12.4 Å². The van der Waals surface area contributed by atoms with Crippen LogP contribution in [0.1, 0.15) is 55.3 Å². The van der Waals surface area contributed by atoms with Crippen molar-refractivity contribution in [2.45, 2.75) is 75.0 Å². The molecule has 2 aromatic rings. The number of phenols is 1. The molecule has 1 aromatic carbocycles. The van der Waals surface area contributed by atoms with Crippen molar-refractivity contribution in [2.24, 2.45) is 11.3 Å². The van der Waals surface area contributed by atoms with Gasteiger partial charge < -0.3 is 19.2 Å². The third-order valence-corrected chi connectivity index (χ3v) is 10.3. The van der Waals surface area contributed by atoms with Crippen LogP contribution in [-0.4, -0.2) is 63.6 Å². The van der Waals surface area contributed by atoms with Gasteiger partial charge in [0.15, 0.2) is 17.9 Å². The van der Waals surface area contributed by atoms with Crippen molar-refractivity contribution in [3.8, 4) is 11.5 Å². The Morgan fingerprint density at radius 1 is 1.18 bits per heavy atom. The molecule has 0 radical (unpaired) electrons. The average Bonchev–Trinajstić information content (AvgIpc) is 3.46. The number of oxazole rings is 1. The zero-order valence-electron chi connectivity index (χ0n) is 19.4. The second-order valence-corrected chi connectivity index (χ2v) is 11.6. The summed E-state index contributed by atoms with van der Waals surface area (Å²) in [5.41, 5.74) is 3.32. The molecule has 4 aliphatic heterocycles. The number of carbonyl (C=O) groups excluding carboxylic acids is 1. The van der Waals surface area contributed by atoms with E-state index < -0.39 is 0 Å². The van der Waals surface area contributed by atoms with Gasteiger partial charge in [-0.3, -0.25) is 9.69 Å². The van der Waals surface area contributed by atoms with Gasteiger partial charge in [0.05, 0.1) is 18.2 Å². The third kappa shape index (κ3) is 2.32. The maximum atomic E-state index is 13.6. The monoisotopic (exact) mass is 461 g/mol. The number of hydrogen-bond donors (Lipinski definition) is 1. The zero-order valence-corrected chi connectivity index (χ0v) is 19.4. The number of likely N-dealkylation sites (tertiary alicyclic amines) is 1. The van der Waals surface area contributed by atoms with Crippen molar-refractivity contribution >= 4 is 5.91 Å². The minimum Gasteiger partial charge on any atom is -0.504 e. The van der Waals surface area contributed by atoms with Crippen LogP contribution in [0.3, 0.4) is 0 Å². The fourth-order valence-corrected chi connectivity index (χ4v) is 8.88. The molecule has 1 amide bonds. The molecule has 5 fully saturated rings. The van der Waals surface area contributed by atoms with Crippen LogP contribution in [0.4, 0.5) is 0 Å². The molecule has 178 valence electrons. The fourth-order valence-electron chi connectivity index (χ4n) is 8.88. The van der Waals surface area contributed by atoms with Crippen LogP contribution in [0.2, 0.25) is 0 Å². The second kappa shape index (κ2) is 6.56. The lowest BCUT2D eigenvalue weighted by Crippen LogP contribution is -2.72. The minimum atomic E-state index is -0.106. The molecule has 1 N–H and O–H groups in total. The summed E-state index contributed by atoms with van der Waals surface area (Å²) in [4.78, 5) is 22.7. The van der Waals surface area contributed by atoms with E-state index in [0.29, 0.717) is 17.5 Å². The number of hydrogen-bond acceptors (Lipinski definition) is 6. The van der Waals surface area contributed by atoms with Crippen molar-refractivity contribution in [3.63, 3.8) is 0 Å². The van der Waals surface area contributed by atoms with Crippen molar-refractivity contribution in [3.05, 3.63) is 41.6 Å². The molecule has 2 spiro atoms. The summed E-state index contributed by atoms with van der Waals surface area (Å²) >= 11 is 0. The lowest BCUT2D eigenvalue weighted by molar-refractivity contribution is -0.143. The van der Waals surface area contributed by atoms with E-state index in [4.69, 9.17) is 9.15 Å². The Morgan fingerprint density at radius 3 is 2.91 bits per heavy atom. The molecule has 3 saturated heterocycles. The number of ether oxygens (including phenoxy) is 1. The van der Waals surface area contributed by atoms with Crippen molar-refractivity contribution < 1.29 is 19.1 Å². The van der Waals surface area contributed by atoms with Crippen LogP contribution in [0, 0.1) is 11.3 Å². The van der Waals surface area contributed by atoms with E-state index in [2.05, 4.69) is 20.9 Å². The Labute approximate surface area is 199 Å². The fraction of sp³-hybridized carbons (Fsp3) is 0.630. The highest BCUT2D eigenvalue weighted by molar-refractivity contribution is 5.79. The first-order chi connectivity index (χ1) is 16.6. The predicted octanol–water partition coefficient (Wildman–Crippen LogP) is 3.04. The van der Waals surface area contributed by atoms with Gasteiger partial charge in [0, 0.05) is 35.5 Å². The molecule has 1 aromatic heterocycles. The first-order valence-electron chi connectivity index (χ1n) is 13.0. The number of rotatable bonds is 4. The summed E-state index contributed by atoms with van der Waals surface area (Å²) in [6.45, 7) is 3.09. The van der Waals surface area contributed by atoms with Crippen molar-refractivity contribution in [2.75, 3.05) is 19.6 Å². The van der Waals surface area contributed by atoms with E-state index in [9.17, 15) is 9.90 Å². The Bertz CT molecular complexity index is 1180. The average molecular weight is 462 g/mol. The second-order valence-electron chi connectivity index (χ2n) is 11.6. The maximum absolute atomic E-state index is 13.6. The van der Waals surface area contributed by atoms with E-state index in [0.717, 1.165) is 51.1 Å². The first-order valence-corrected chi connectivity index (χ1v) is 13.0. The van der Waals surface area contributed by atoms with E-state index in [-0.39, 0.29) is 41.1 Å². The minimum absolute atomic E-state index is 0.0309. The standard InChI is InChI=1S/C27H31N3O4/c31-20-4-3-17-11-21-26-6-5-19(30(10-7-26)22(32)12-18-14-33-15-28-18)25-27(26,23(17)24(20)34-25)8-9-29(21)13-16-1-2-16/h3-4,14-16,19,21,25,31H,1-2,5-13H2/t19-,21-,25+,26-,27+/m1/s1. The summed E-state index contributed by atoms with van der Waals surface area (Å²) in [5.74, 6) is 1.94. The Balaban J connectivity index is 1.26. The van der Waals surface area contributed by atoms with Gasteiger partial charge in [-0.1, -0.05) is 6.07 Å². The summed E-state index contributed by atoms with van der Waals surface area (Å²) in [6, 6.07) is 4.49. The number of aromatic hydroxyl groups is 1. The van der Waals surface area contributed by atoms with Gasteiger partial charge in [0.2, 0.25) is 5.91 Å². The molecule has 9 rings (SSSR count). The van der Waals surface area contributed by atoms with E-state index in [1.54, 1.807) is 6.26 Å². The molecule has 34 heavy (non-hydrogen) atoms. The molecule has 5 heterocycles. The van der Waals surface area contributed by atoms with Crippen LogP contribution in [0.15, 0.2) is 29.2 Å². The molecule has 7 heteroatoms. The molecule has 2 saturated carbocycles. The largest absolute Gasteiger partial charge is 0.504 e. The summed E-state index contributed by atoms with van der Waals surface area (Å²) in [7, 11) is 0. The molecule has 7 aliphatic rings. The first kappa shape index (κ1) is 19.7. The number of fused-ring (bicyclic) bond motifs is 3. The maximum Gasteiger partial charge on any atom is 0.229 e. The third-order valence-electron chi connectivity index (χ3n) is 10.3. The number of nitrogens with zero attached hydrogens (tertiary/aromatic N) is 3. The molecule has 3 aliphatic carbocycles. The Kier molecular flexibility index (Phi) is 3.81. The topological polar surface area (TPSA) is 79.0 Å². The van der Waals surface area contributed by atoms with Gasteiger partial charge in [0.25, 0.3) is 0 Å². The van der Waals surface area contributed by atoms with E-state index >= 15 is 0 Å². The van der Waals surface area contributed by atoms with Gasteiger partial charge >= 0.3 is 0 Å². The number of phenolic OH excluding ortho intramolecular Hbond substituents is 1. The van der Waals surface area contributed by atoms with Crippen LogP contribution < -0.4 is 4.74 Å². The number of benzene rings is 1. The van der Waals surface area contributed by atoms with Crippen LogP contribution in [-0.2, 0) is 23.1 Å². The summed E-state index contributed by atoms with van der Waals surface area (Å²) in [5, 5.41) is 10.9. The van der Waals surface area contributed by atoms with Crippen molar-refractivity contribution in [1.82, 2.24) is 14.8 Å². The highest BCUT2D eigenvalue weighted by Crippen LogP contribution is 2.71. The molecular weight excluding hydrogens is 430 g/mol. The smallest absolute Gasteiger partial charge is 0.229 e. The van der Waals surface area contributed by atoms with E-state index in [1.807, 2.05) is 6.07 Å². The lowest BCUT2D eigenvalue weighted by Gasteiger charge is -2.66.